The van der Waals surface area contributed by atoms with Crippen LogP contribution in [0.2, 0.25) is 0 Å². The lowest BCUT2D eigenvalue weighted by atomic mass is 10.0. The zero-order valence-electron chi connectivity index (χ0n) is 17.7. The van der Waals surface area contributed by atoms with Gasteiger partial charge in [0.05, 0.1) is 25.8 Å². The predicted octanol–water partition coefficient (Wildman–Crippen LogP) is -0.762. The van der Waals surface area contributed by atoms with Crippen molar-refractivity contribution in [3.8, 4) is 0 Å². The van der Waals surface area contributed by atoms with Gasteiger partial charge in [-0.25, -0.2) is 14.6 Å². The number of nitrogens with one attached hydrogen (secondary N) is 2. The molecule has 0 spiro atoms. The number of carboxylic acids is 2. The summed E-state index contributed by atoms with van der Waals surface area (Å²) in [4.78, 5) is 57.2. The number of rotatable bonds is 9. The van der Waals surface area contributed by atoms with E-state index in [0.29, 0.717) is 12.2 Å². The van der Waals surface area contributed by atoms with Crippen LogP contribution in [0.1, 0.15) is 32.4 Å². The van der Waals surface area contributed by atoms with Crippen molar-refractivity contribution in [3.63, 3.8) is 0 Å². The molecule has 0 aliphatic carbocycles. The number of carboxylic acid groups (broad SMARTS) is 2. The van der Waals surface area contributed by atoms with Crippen molar-refractivity contribution in [2.45, 2.75) is 26.7 Å². The van der Waals surface area contributed by atoms with E-state index in [1.807, 2.05) is 0 Å². The molecule has 1 aromatic heterocycles. The number of nitrogens with two attached hydrogens (primary N) is 1. The van der Waals surface area contributed by atoms with Crippen molar-refractivity contribution in [3.05, 3.63) is 30.0 Å². The Labute approximate surface area is 183 Å². The molecule has 0 fully saturated rings. The fourth-order valence-electron chi connectivity index (χ4n) is 2.02. The lowest BCUT2D eigenvalue weighted by Crippen LogP contribution is -2.32. The van der Waals surface area contributed by atoms with Crippen LogP contribution in [0.4, 0.5) is 16.3 Å². The summed E-state index contributed by atoms with van der Waals surface area (Å²) >= 11 is 0. The molecule has 5 N–H and O–H groups in total. The number of hydrogen-bond donors (Lipinski definition) is 3. The Hall–Kier alpha value is -4.16. The van der Waals surface area contributed by atoms with Crippen LogP contribution in [-0.2, 0) is 33.4 Å². The minimum atomic E-state index is -1.51. The minimum absolute atomic E-state index is 0.0548. The van der Waals surface area contributed by atoms with Crippen molar-refractivity contribution in [1.29, 1.82) is 0 Å². The van der Waals surface area contributed by atoms with Crippen molar-refractivity contribution in [2.24, 2.45) is 0 Å². The van der Waals surface area contributed by atoms with Crippen LogP contribution in [0.5, 0.6) is 0 Å². The van der Waals surface area contributed by atoms with Gasteiger partial charge < -0.3 is 29.2 Å². The third kappa shape index (κ3) is 10.6. The fraction of sp³-hybridized carbons (Fsp3) is 0.368. The molecule has 0 aromatic carbocycles. The van der Waals surface area contributed by atoms with Gasteiger partial charge in [0.15, 0.2) is 0 Å². The van der Waals surface area contributed by atoms with Crippen molar-refractivity contribution in [2.75, 3.05) is 30.9 Å². The van der Waals surface area contributed by atoms with Crippen LogP contribution in [0.15, 0.2) is 24.3 Å². The number of amides is 1. The molecule has 0 unspecified atom stereocenters. The molecule has 1 heterocycles. The zero-order chi connectivity index (χ0) is 24.7. The van der Waals surface area contributed by atoms with E-state index in [1.54, 1.807) is 20.8 Å². The first-order chi connectivity index (χ1) is 15.1. The Kier molecular flexibility index (Phi) is 12.8. The number of esters is 2. The highest BCUT2D eigenvalue weighted by Crippen LogP contribution is 2.20. The average Bonchev–Trinajstić information content (AvgIpc) is 2.70. The van der Waals surface area contributed by atoms with Gasteiger partial charge in [-0.05, 0) is 39.0 Å². The van der Waals surface area contributed by atoms with Crippen molar-refractivity contribution >= 4 is 41.5 Å². The maximum atomic E-state index is 12.0. The summed E-state index contributed by atoms with van der Waals surface area (Å²) in [5, 5.41) is 19.7. The number of nitrogen functional groups attached to an aromatic ring is 1. The zero-order valence-corrected chi connectivity index (χ0v) is 17.7. The Bertz CT molecular complexity index is 820. The van der Waals surface area contributed by atoms with Gasteiger partial charge in [-0.3, -0.25) is 20.6 Å². The summed E-state index contributed by atoms with van der Waals surface area (Å²) in [5.41, 5.74) is 6.27. The molecule has 32 heavy (non-hydrogen) atoms. The summed E-state index contributed by atoms with van der Waals surface area (Å²) in [6.45, 7) is 5.37. The molecule has 0 aliphatic rings. The molecular weight excluding hydrogens is 430 g/mol. The second kappa shape index (κ2) is 14.8. The number of aromatic nitrogens is 1. The first-order valence-corrected chi connectivity index (χ1v) is 9.27. The highest BCUT2D eigenvalue weighted by Gasteiger charge is 2.35. The standard InChI is InChI=1S/C15H21N3O6.C4H4O4/c1-4-22-13(19)11(14(20)23-5-2)9-7-8-10(12(16)17-9)18-15(21)24-6-3;5-3(6)1-2-4(7)8/h7-8,11H,4-6H2,1-3H3,(H2,16,17)(H,18,21);1-2H,(H,5,6)(H,7,8)/b;2-1+. The Morgan fingerprint density at radius 1 is 1.03 bits per heavy atom. The summed E-state index contributed by atoms with van der Waals surface area (Å²) in [6, 6.07) is 2.89. The maximum Gasteiger partial charge on any atom is 0.411 e. The average molecular weight is 455 g/mol. The largest absolute Gasteiger partial charge is 0.545 e. The van der Waals surface area contributed by atoms with Gasteiger partial charge in [0, 0.05) is 6.08 Å². The number of anilines is 2. The number of pyridine rings is 1. The van der Waals surface area contributed by atoms with E-state index in [1.165, 1.54) is 12.1 Å². The Balaban J connectivity index is 0.00000102. The van der Waals surface area contributed by atoms with Gasteiger partial charge in [-0.15, -0.1) is 0 Å². The van der Waals surface area contributed by atoms with Gasteiger partial charge in [-0.2, -0.15) is 0 Å². The molecule has 1 amide bonds. The van der Waals surface area contributed by atoms with E-state index in [4.69, 9.17) is 25.1 Å². The van der Waals surface area contributed by atoms with Crippen LogP contribution in [0, 0.1) is 0 Å². The molecule has 13 heteroatoms. The Morgan fingerprint density at radius 2 is 1.56 bits per heavy atom. The van der Waals surface area contributed by atoms with Crippen LogP contribution in [0.3, 0.4) is 0 Å². The second-order valence-corrected chi connectivity index (χ2v) is 5.51. The van der Waals surface area contributed by atoms with E-state index in [2.05, 4.69) is 10.3 Å². The van der Waals surface area contributed by atoms with Gasteiger partial charge in [-0.1, -0.05) is 0 Å². The maximum absolute atomic E-state index is 12.0. The van der Waals surface area contributed by atoms with E-state index in [9.17, 15) is 29.1 Å². The highest BCUT2D eigenvalue weighted by atomic mass is 16.6. The topological polar surface area (TPSA) is 209 Å². The van der Waals surface area contributed by atoms with E-state index >= 15 is 0 Å². The Morgan fingerprint density at radius 3 is 1.94 bits per heavy atom. The van der Waals surface area contributed by atoms with Crippen LogP contribution < -0.4 is 21.1 Å². The minimum Gasteiger partial charge on any atom is -0.545 e. The van der Waals surface area contributed by atoms with E-state index in [-0.39, 0.29) is 37.0 Å². The number of aromatic amines is 1. The number of aliphatic carboxylic acids is 2. The third-order valence-electron chi connectivity index (χ3n) is 3.23. The molecule has 0 radical (unpaired) electrons. The van der Waals surface area contributed by atoms with Crippen molar-refractivity contribution in [1.82, 2.24) is 0 Å². The molecule has 1 aromatic rings. The van der Waals surface area contributed by atoms with Gasteiger partial charge in [0.2, 0.25) is 5.92 Å². The molecule has 0 saturated carbocycles. The number of hydrogen-bond acceptors (Lipinski definition) is 10. The fourth-order valence-corrected chi connectivity index (χ4v) is 2.02. The molecule has 0 aliphatic heterocycles. The van der Waals surface area contributed by atoms with Gasteiger partial charge >= 0.3 is 24.0 Å². The summed E-state index contributed by atoms with van der Waals surface area (Å²) < 4.78 is 14.6. The summed E-state index contributed by atoms with van der Waals surface area (Å²) in [6.07, 6.45) is 0.273. The van der Waals surface area contributed by atoms with Crippen LogP contribution >= 0.6 is 0 Å². The number of H-pyrrole nitrogens is 1. The summed E-state index contributed by atoms with van der Waals surface area (Å²) in [5.74, 6) is -5.54. The summed E-state index contributed by atoms with van der Waals surface area (Å²) in [7, 11) is 0. The first-order valence-electron chi connectivity index (χ1n) is 9.27. The van der Waals surface area contributed by atoms with Crippen LogP contribution in [0.25, 0.3) is 0 Å². The second-order valence-electron chi connectivity index (χ2n) is 5.51. The first kappa shape index (κ1) is 27.8. The molecular formula is C19H25N3O10. The normalized spacial score (nSPS) is 10.0. The molecule has 0 atom stereocenters. The molecule has 176 valence electrons. The lowest BCUT2D eigenvalue weighted by Gasteiger charge is -2.13. The number of carbonyl (C=O) groups excluding carboxylic acids is 4. The SMILES string of the molecule is CCOC(=O)Nc1ccc(C(C(=O)OCC)C(=O)OCC)[nH+]c1N.O=C([O-])/C=C/C(=O)O. The molecule has 13 nitrogen and oxygen atoms in total. The third-order valence-corrected chi connectivity index (χ3v) is 3.23. The molecule has 0 saturated heterocycles. The monoisotopic (exact) mass is 455 g/mol. The lowest BCUT2D eigenvalue weighted by molar-refractivity contribution is -0.373. The van der Waals surface area contributed by atoms with E-state index < -0.39 is 35.9 Å². The molecule has 1 rings (SSSR count). The predicted molar refractivity (Wildman–Crippen MR) is 106 cm³/mol. The van der Waals surface area contributed by atoms with Crippen LogP contribution in [-0.4, -0.2) is 54.9 Å². The smallest absolute Gasteiger partial charge is 0.411 e. The highest BCUT2D eigenvalue weighted by molar-refractivity contribution is 6.00. The van der Waals surface area contributed by atoms with Gasteiger partial charge in [0.1, 0.15) is 11.4 Å². The number of carbonyl (C=O) groups is 5. The molecule has 0 bridgehead atoms. The van der Waals surface area contributed by atoms with E-state index in [0.717, 1.165) is 0 Å². The van der Waals surface area contributed by atoms with Crippen molar-refractivity contribution < 1.29 is 53.4 Å². The van der Waals surface area contributed by atoms with Gasteiger partial charge in [0.25, 0.3) is 5.82 Å². The number of ether oxygens (including phenoxy) is 3. The quantitative estimate of drug-likeness (QED) is 0.182.